The van der Waals surface area contributed by atoms with Crippen molar-refractivity contribution < 1.29 is 32.7 Å². The predicted octanol–water partition coefficient (Wildman–Crippen LogP) is 2.70. The van der Waals surface area contributed by atoms with Crippen LogP contribution in [-0.2, 0) is 45.6 Å². The summed E-state index contributed by atoms with van der Waals surface area (Å²) in [6.07, 6.45) is 2.51. The molecule has 0 amide bonds. The first-order valence-electron chi connectivity index (χ1n) is 6.23. The standard InChI is InChI=1S/C15H20N.Y/c1-11-12(2)16(3)10-15(11)8-13-6-4-5-7-14(13)9-15;/h4-7,12H,8-10H2,1-3H3;/q-1;/t12-;/m1./s1. The van der Waals surface area contributed by atoms with Crippen LogP contribution in [0, 0.1) is 11.3 Å². The van der Waals surface area contributed by atoms with E-state index in [0.29, 0.717) is 11.5 Å². The summed E-state index contributed by atoms with van der Waals surface area (Å²) < 4.78 is 0. The molecule has 1 aliphatic heterocycles. The van der Waals surface area contributed by atoms with Crippen molar-refractivity contribution in [2.75, 3.05) is 13.6 Å². The molecular formula is C15H20NY-. The first kappa shape index (κ1) is 13.7. The van der Waals surface area contributed by atoms with Gasteiger partial charge in [0, 0.05) is 32.7 Å². The van der Waals surface area contributed by atoms with Crippen LogP contribution in [0.15, 0.2) is 24.3 Å². The fraction of sp³-hybridized carbons (Fsp3) is 0.533. The van der Waals surface area contributed by atoms with E-state index in [9.17, 15) is 0 Å². The molecule has 1 radical (unpaired) electrons. The minimum Gasteiger partial charge on any atom is -0.335 e. The summed E-state index contributed by atoms with van der Waals surface area (Å²) in [6, 6.07) is 9.61. The van der Waals surface area contributed by atoms with E-state index < -0.39 is 0 Å². The number of fused-ring (bicyclic) bond motifs is 1. The molecule has 1 nitrogen and oxygen atoms in total. The quantitative estimate of drug-likeness (QED) is 0.666. The van der Waals surface area contributed by atoms with Crippen LogP contribution in [0.1, 0.15) is 25.0 Å². The molecule has 17 heavy (non-hydrogen) atoms. The van der Waals surface area contributed by atoms with Gasteiger partial charge in [0.25, 0.3) is 0 Å². The molecule has 1 saturated heterocycles. The maximum absolute atomic E-state index is 2.50. The summed E-state index contributed by atoms with van der Waals surface area (Å²) in [5, 5.41) is 0. The SMILES string of the molecule is C[C-]1[C@@H](C)N(C)CC12Cc1ccccc1C2.[Y]. The Kier molecular flexibility index (Phi) is 3.83. The van der Waals surface area contributed by atoms with Gasteiger partial charge in [-0.25, -0.2) is 0 Å². The number of rotatable bonds is 0. The molecule has 0 saturated carbocycles. The van der Waals surface area contributed by atoms with Gasteiger partial charge in [0.2, 0.25) is 0 Å². The number of benzene rings is 1. The van der Waals surface area contributed by atoms with Gasteiger partial charge >= 0.3 is 0 Å². The zero-order chi connectivity index (χ0) is 11.3. The van der Waals surface area contributed by atoms with Gasteiger partial charge in [-0.1, -0.05) is 31.2 Å². The van der Waals surface area contributed by atoms with Crippen LogP contribution in [0.3, 0.4) is 0 Å². The molecule has 0 unspecified atom stereocenters. The van der Waals surface area contributed by atoms with E-state index in [4.69, 9.17) is 0 Å². The van der Waals surface area contributed by atoms with E-state index in [1.54, 1.807) is 17.0 Å². The van der Waals surface area contributed by atoms with E-state index in [-0.39, 0.29) is 32.7 Å². The van der Waals surface area contributed by atoms with Crippen LogP contribution in [-0.4, -0.2) is 24.5 Å². The second-order valence-corrected chi connectivity index (χ2v) is 5.68. The Morgan fingerprint density at radius 3 is 2.18 bits per heavy atom. The Morgan fingerprint density at radius 2 is 1.76 bits per heavy atom. The van der Waals surface area contributed by atoms with Gasteiger partial charge in [-0.05, 0) is 37.6 Å². The van der Waals surface area contributed by atoms with Gasteiger partial charge in [-0.2, -0.15) is 6.92 Å². The summed E-state index contributed by atoms with van der Waals surface area (Å²) in [6.45, 7) is 5.93. The minimum atomic E-state index is 0. The summed E-state index contributed by atoms with van der Waals surface area (Å²) >= 11 is 0. The average molecular weight is 303 g/mol. The second kappa shape index (κ2) is 4.75. The zero-order valence-corrected chi connectivity index (χ0v) is 13.9. The third-order valence-corrected chi connectivity index (χ3v) is 4.85. The summed E-state index contributed by atoms with van der Waals surface area (Å²) in [4.78, 5) is 2.50. The Labute approximate surface area is 130 Å². The fourth-order valence-corrected chi connectivity index (χ4v) is 3.60. The molecule has 89 valence electrons. The molecule has 1 fully saturated rings. The molecule has 1 aromatic rings. The summed E-state index contributed by atoms with van der Waals surface area (Å²) in [5.41, 5.74) is 3.59. The van der Waals surface area contributed by atoms with E-state index in [1.807, 2.05) is 0 Å². The van der Waals surface area contributed by atoms with Gasteiger partial charge in [-0.15, -0.1) is 11.5 Å². The molecule has 1 heterocycles. The summed E-state index contributed by atoms with van der Waals surface area (Å²) in [7, 11) is 2.26. The zero-order valence-electron chi connectivity index (χ0n) is 11.0. The van der Waals surface area contributed by atoms with Crippen molar-refractivity contribution in [3.63, 3.8) is 0 Å². The second-order valence-electron chi connectivity index (χ2n) is 5.68. The number of hydrogen-bond donors (Lipinski definition) is 0. The maximum atomic E-state index is 2.50. The monoisotopic (exact) mass is 303 g/mol. The molecular weight excluding hydrogens is 283 g/mol. The largest absolute Gasteiger partial charge is 0.335 e. The van der Waals surface area contributed by atoms with Crippen molar-refractivity contribution >= 4 is 0 Å². The van der Waals surface area contributed by atoms with E-state index >= 15 is 0 Å². The molecule has 0 bridgehead atoms. The molecule has 3 rings (SSSR count). The van der Waals surface area contributed by atoms with Gasteiger partial charge < -0.3 is 4.90 Å². The predicted molar refractivity (Wildman–Crippen MR) is 67.3 cm³/mol. The molecule has 0 aromatic heterocycles. The van der Waals surface area contributed by atoms with Gasteiger partial charge in [0.1, 0.15) is 0 Å². The van der Waals surface area contributed by atoms with Crippen LogP contribution < -0.4 is 0 Å². The number of nitrogens with zero attached hydrogens (tertiary/aromatic N) is 1. The summed E-state index contributed by atoms with van der Waals surface area (Å²) in [5.74, 6) is 1.69. The Balaban J connectivity index is 0.00000108. The van der Waals surface area contributed by atoms with E-state index in [0.717, 1.165) is 0 Å². The van der Waals surface area contributed by atoms with Gasteiger partial charge in [-0.3, -0.25) is 5.92 Å². The van der Waals surface area contributed by atoms with Crippen molar-refractivity contribution in [3.8, 4) is 0 Å². The molecule has 1 aliphatic carbocycles. The third-order valence-electron chi connectivity index (χ3n) is 4.85. The smallest absolute Gasteiger partial charge is 0 e. The molecule has 1 atom stereocenters. The van der Waals surface area contributed by atoms with Gasteiger partial charge in [0.15, 0.2) is 0 Å². The first-order valence-corrected chi connectivity index (χ1v) is 6.23. The van der Waals surface area contributed by atoms with Crippen LogP contribution in [0.4, 0.5) is 0 Å². The van der Waals surface area contributed by atoms with Crippen LogP contribution in [0.5, 0.6) is 0 Å². The topological polar surface area (TPSA) is 3.24 Å². The average Bonchev–Trinajstić information content (AvgIpc) is 2.73. The normalized spacial score (nSPS) is 27.1. The first-order chi connectivity index (χ1) is 7.62. The third kappa shape index (κ3) is 2.05. The van der Waals surface area contributed by atoms with E-state index in [1.165, 1.54) is 19.4 Å². The Hall–Kier alpha value is 0.284. The number of likely N-dealkylation sites (tertiary alicyclic amines) is 1. The van der Waals surface area contributed by atoms with E-state index in [2.05, 4.69) is 50.1 Å². The molecule has 2 heteroatoms. The molecule has 1 spiro atoms. The fourth-order valence-electron chi connectivity index (χ4n) is 3.60. The van der Waals surface area contributed by atoms with Gasteiger partial charge in [0.05, 0.1) is 0 Å². The molecule has 2 aliphatic rings. The van der Waals surface area contributed by atoms with Crippen LogP contribution in [0.2, 0.25) is 0 Å². The van der Waals surface area contributed by atoms with Crippen molar-refractivity contribution in [2.24, 2.45) is 5.41 Å². The molecule has 1 aromatic carbocycles. The van der Waals surface area contributed by atoms with Crippen molar-refractivity contribution in [1.29, 1.82) is 0 Å². The van der Waals surface area contributed by atoms with Crippen LogP contribution in [0.25, 0.3) is 0 Å². The van der Waals surface area contributed by atoms with Crippen molar-refractivity contribution in [3.05, 3.63) is 41.3 Å². The van der Waals surface area contributed by atoms with Crippen molar-refractivity contribution in [1.82, 2.24) is 4.90 Å². The maximum Gasteiger partial charge on any atom is 0 e. The number of hydrogen-bond acceptors (Lipinski definition) is 1. The van der Waals surface area contributed by atoms with Crippen LogP contribution >= 0.6 is 0 Å². The minimum absolute atomic E-state index is 0. The Morgan fingerprint density at radius 1 is 1.24 bits per heavy atom. The molecule has 0 N–H and O–H groups in total. The van der Waals surface area contributed by atoms with Crippen molar-refractivity contribution in [2.45, 2.75) is 32.7 Å². The Bertz CT molecular complexity index is 390.